The Bertz CT molecular complexity index is 609. The Morgan fingerprint density at radius 2 is 2.00 bits per heavy atom. The molecule has 0 aliphatic rings. The molecule has 0 unspecified atom stereocenters. The predicted octanol–water partition coefficient (Wildman–Crippen LogP) is 0.502. The van der Waals surface area contributed by atoms with Gasteiger partial charge < -0.3 is 9.64 Å². The summed E-state index contributed by atoms with van der Waals surface area (Å²) in [6.45, 7) is 1.93. The molecule has 0 aliphatic heterocycles. The second-order valence-corrected chi connectivity index (χ2v) is 4.28. The first-order valence-electron chi connectivity index (χ1n) is 6.36. The third-order valence-electron chi connectivity index (χ3n) is 2.75. The van der Waals surface area contributed by atoms with E-state index in [-0.39, 0.29) is 12.5 Å². The van der Waals surface area contributed by atoms with Crippen LogP contribution in [-0.4, -0.2) is 57.6 Å². The Morgan fingerprint density at radius 1 is 1.29 bits per heavy atom. The molecule has 1 aromatic heterocycles. The number of carbonyl (C=O) groups excluding carboxylic acids is 2. The number of likely N-dealkylation sites (N-methyl/N-ethyl adjacent to an activating group) is 1. The highest BCUT2D eigenvalue weighted by Gasteiger charge is 2.15. The number of benzene rings is 1. The Labute approximate surface area is 121 Å². The molecule has 0 aliphatic carbocycles. The molecular weight excluding hydrogens is 274 g/mol. The van der Waals surface area contributed by atoms with Crippen molar-refractivity contribution < 1.29 is 14.3 Å². The first-order chi connectivity index (χ1) is 10.1. The number of amides is 1. The molecule has 1 heterocycles. The van der Waals surface area contributed by atoms with Crippen LogP contribution in [0.15, 0.2) is 24.3 Å². The number of hydrogen-bond donors (Lipinski definition) is 1. The van der Waals surface area contributed by atoms with Gasteiger partial charge in [-0.15, -0.1) is 10.2 Å². The highest BCUT2D eigenvalue weighted by Crippen LogP contribution is 2.14. The number of nitrogens with one attached hydrogen (secondary N) is 1. The van der Waals surface area contributed by atoms with Crippen LogP contribution in [0.2, 0.25) is 0 Å². The molecule has 0 saturated carbocycles. The Morgan fingerprint density at radius 3 is 2.57 bits per heavy atom. The van der Waals surface area contributed by atoms with Crippen molar-refractivity contribution in [1.82, 2.24) is 25.5 Å². The number of carbonyl (C=O) groups is 2. The minimum absolute atomic E-state index is 0.0841. The lowest BCUT2D eigenvalue weighted by atomic mass is 10.1. The largest absolute Gasteiger partial charge is 0.465 e. The summed E-state index contributed by atoms with van der Waals surface area (Å²) < 4.78 is 4.81. The molecule has 1 N–H and O–H groups in total. The van der Waals surface area contributed by atoms with E-state index in [1.54, 1.807) is 38.2 Å². The van der Waals surface area contributed by atoms with Crippen LogP contribution in [0.4, 0.5) is 0 Å². The fraction of sp³-hybridized carbons (Fsp3) is 0.308. The Balaban J connectivity index is 2.04. The van der Waals surface area contributed by atoms with Gasteiger partial charge in [-0.2, -0.15) is 5.21 Å². The molecule has 8 heteroatoms. The van der Waals surface area contributed by atoms with E-state index in [9.17, 15) is 9.59 Å². The second kappa shape index (κ2) is 6.60. The van der Waals surface area contributed by atoms with E-state index in [4.69, 9.17) is 4.74 Å². The van der Waals surface area contributed by atoms with Crippen molar-refractivity contribution >= 4 is 11.9 Å². The molecular formula is C13H15N5O3. The van der Waals surface area contributed by atoms with Crippen molar-refractivity contribution in [2.45, 2.75) is 6.92 Å². The summed E-state index contributed by atoms with van der Waals surface area (Å²) in [4.78, 5) is 24.8. The number of hydrogen-bond acceptors (Lipinski definition) is 6. The maximum atomic E-state index is 12.2. The molecule has 0 fully saturated rings. The van der Waals surface area contributed by atoms with Gasteiger partial charge in [0.15, 0.2) is 0 Å². The summed E-state index contributed by atoms with van der Waals surface area (Å²) in [5.41, 5.74) is 1.21. The molecule has 21 heavy (non-hydrogen) atoms. The standard InChI is InChI=1S/C13H15N5O3/c1-3-21-11(19)8-18(2)13(20)10-6-4-9(5-7-10)12-14-16-17-15-12/h4-7H,3,8H2,1-2H3,(H,14,15,16,17). The van der Waals surface area contributed by atoms with E-state index in [1.165, 1.54) is 4.90 Å². The van der Waals surface area contributed by atoms with Crippen LogP contribution in [0, 0.1) is 0 Å². The SMILES string of the molecule is CCOC(=O)CN(C)C(=O)c1ccc(-c2nn[nH]n2)cc1. The number of tetrazole rings is 1. The molecule has 1 aromatic carbocycles. The van der Waals surface area contributed by atoms with Crippen molar-refractivity contribution in [3.05, 3.63) is 29.8 Å². The lowest BCUT2D eigenvalue weighted by Crippen LogP contribution is -2.33. The van der Waals surface area contributed by atoms with Crippen molar-refractivity contribution in [3.63, 3.8) is 0 Å². The average Bonchev–Trinajstić information content (AvgIpc) is 3.01. The zero-order valence-corrected chi connectivity index (χ0v) is 11.7. The van der Waals surface area contributed by atoms with Gasteiger partial charge >= 0.3 is 5.97 Å². The number of rotatable bonds is 5. The third-order valence-corrected chi connectivity index (χ3v) is 2.75. The normalized spacial score (nSPS) is 10.2. The first kappa shape index (κ1) is 14.6. The highest BCUT2D eigenvalue weighted by atomic mass is 16.5. The van der Waals surface area contributed by atoms with Gasteiger partial charge in [-0.1, -0.05) is 12.1 Å². The lowest BCUT2D eigenvalue weighted by molar-refractivity contribution is -0.143. The molecule has 0 atom stereocenters. The van der Waals surface area contributed by atoms with Crippen LogP contribution in [-0.2, 0) is 9.53 Å². The zero-order valence-electron chi connectivity index (χ0n) is 11.7. The van der Waals surface area contributed by atoms with Gasteiger partial charge in [0.25, 0.3) is 5.91 Å². The fourth-order valence-corrected chi connectivity index (χ4v) is 1.74. The minimum atomic E-state index is -0.434. The summed E-state index contributed by atoms with van der Waals surface area (Å²) in [6.07, 6.45) is 0. The third kappa shape index (κ3) is 3.62. The predicted molar refractivity (Wildman–Crippen MR) is 73.2 cm³/mol. The van der Waals surface area contributed by atoms with E-state index >= 15 is 0 Å². The summed E-state index contributed by atoms with van der Waals surface area (Å²) in [5.74, 6) is -0.242. The van der Waals surface area contributed by atoms with Gasteiger partial charge in [0, 0.05) is 18.2 Å². The van der Waals surface area contributed by atoms with Gasteiger partial charge in [0.1, 0.15) is 6.54 Å². The van der Waals surface area contributed by atoms with Gasteiger partial charge in [-0.05, 0) is 24.3 Å². The van der Waals surface area contributed by atoms with Crippen LogP contribution in [0.25, 0.3) is 11.4 Å². The highest BCUT2D eigenvalue weighted by molar-refractivity contribution is 5.96. The number of aromatic nitrogens is 4. The van der Waals surface area contributed by atoms with Gasteiger partial charge in [-0.3, -0.25) is 9.59 Å². The molecule has 0 bridgehead atoms. The minimum Gasteiger partial charge on any atom is -0.465 e. The molecule has 0 spiro atoms. The maximum Gasteiger partial charge on any atom is 0.325 e. The van der Waals surface area contributed by atoms with Crippen molar-refractivity contribution in [2.24, 2.45) is 0 Å². The summed E-state index contributed by atoms with van der Waals surface area (Å²) in [5, 5.41) is 13.5. The number of nitrogens with zero attached hydrogens (tertiary/aromatic N) is 4. The van der Waals surface area contributed by atoms with Gasteiger partial charge in [0.05, 0.1) is 6.61 Å². The zero-order chi connectivity index (χ0) is 15.2. The van der Waals surface area contributed by atoms with Crippen LogP contribution >= 0.6 is 0 Å². The van der Waals surface area contributed by atoms with Crippen LogP contribution in [0.3, 0.4) is 0 Å². The van der Waals surface area contributed by atoms with Crippen LogP contribution in [0.1, 0.15) is 17.3 Å². The summed E-state index contributed by atoms with van der Waals surface area (Å²) in [7, 11) is 1.55. The molecule has 2 rings (SSSR count). The molecule has 0 radical (unpaired) electrons. The molecule has 8 nitrogen and oxygen atoms in total. The topological polar surface area (TPSA) is 101 Å². The lowest BCUT2D eigenvalue weighted by Gasteiger charge is -2.16. The monoisotopic (exact) mass is 289 g/mol. The van der Waals surface area contributed by atoms with Crippen molar-refractivity contribution in [1.29, 1.82) is 0 Å². The van der Waals surface area contributed by atoms with Crippen molar-refractivity contribution in [3.8, 4) is 11.4 Å². The van der Waals surface area contributed by atoms with Gasteiger partial charge in [-0.25, -0.2) is 0 Å². The summed E-state index contributed by atoms with van der Waals surface area (Å²) >= 11 is 0. The molecule has 1 amide bonds. The smallest absolute Gasteiger partial charge is 0.325 e. The number of ether oxygens (including phenoxy) is 1. The fourth-order valence-electron chi connectivity index (χ4n) is 1.74. The summed E-state index contributed by atoms with van der Waals surface area (Å²) in [6, 6.07) is 6.73. The maximum absolute atomic E-state index is 12.2. The van der Waals surface area contributed by atoms with Crippen LogP contribution in [0.5, 0.6) is 0 Å². The average molecular weight is 289 g/mol. The second-order valence-electron chi connectivity index (χ2n) is 4.28. The molecule has 0 saturated heterocycles. The molecule has 2 aromatic rings. The van der Waals surface area contributed by atoms with Crippen LogP contribution < -0.4 is 0 Å². The van der Waals surface area contributed by atoms with Crippen molar-refractivity contribution in [2.75, 3.05) is 20.2 Å². The van der Waals surface area contributed by atoms with E-state index < -0.39 is 5.97 Å². The van der Waals surface area contributed by atoms with E-state index in [0.29, 0.717) is 18.0 Å². The Hall–Kier alpha value is -2.77. The first-order valence-corrected chi connectivity index (χ1v) is 6.36. The van der Waals surface area contributed by atoms with E-state index in [2.05, 4.69) is 20.6 Å². The molecule has 110 valence electrons. The van der Waals surface area contributed by atoms with Gasteiger partial charge in [0.2, 0.25) is 5.82 Å². The number of esters is 1. The number of H-pyrrole nitrogens is 1. The number of aromatic amines is 1. The Kier molecular flexibility index (Phi) is 4.60. The van der Waals surface area contributed by atoms with E-state index in [1.807, 2.05) is 0 Å². The van der Waals surface area contributed by atoms with E-state index in [0.717, 1.165) is 5.56 Å². The quantitative estimate of drug-likeness (QED) is 0.804.